The van der Waals surface area contributed by atoms with Crippen LogP contribution in [0.2, 0.25) is 0 Å². The molecule has 0 unspecified atom stereocenters. The van der Waals surface area contributed by atoms with Gasteiger partial charge < -0.3 is 30.5 Å². The molecule has 260 valence electrons. The van der Waals surface area contributed by atoms with Crippen molar-refractivity contribution in [3.63, 3.8) is 0 Å². The molecule has 2 saturated heterocycles. The molecule has 5 rings (SSSR count). The minimum absolute atomic E-state index is 0.0141. The number of benzene rings is 1. The van der Waals surface area contributed by atoms with E-state index in [1.165, 1.54) is 40.4 Å². The number of morpholine rings is 1. The molecule has 4 atom stereocenters. The summed E-state index contributed by atoms with van der Waals surface area (Å²) in [5.74, 6) is -3.90. The molecule has 0 radical (unpaired) electrons. The first-order chi connectivity index (χ1) is 23.1. The van der Waals surface area contributed by atoms with Crippen LogP contribution in [-0.2, 0) is 15.7 Å². The molecule has 3 aromatic rings. The van der Waals surface area contributed by atoms with Crippen molar-refractivity contribution in [2.75, 3.05) is 42.6 Å². The Morgan fingerprint density at radius 1 is 1.08 bits per heavy atom. The van der Waals surface area contributed by atoms with Gasteiger partial charge in [0, 0.05) is 61.9 Å². The standard InChI is InChI=1S/C30H31BrF3N9O6/c1-15-12-41(13-16(2)49-15)28(46)21-7-18(31)8-22(43(47)48)25(21)38-20-9-23(26(44)39-24-4-5-37-29(40-24)30(32,33)34)42(14-20)27(45)17-6-19(35-3)11-36-10-17/h4-8,10-11,15-16,20,23,35,38H,9,12-14H2,1-3H3,(H,37,39,40,44)/t15-,16+,20-,23+/m1/s1. The van der Waals surface area contributed by atoms with Crippen LogP contribution < -0.4 is 16.0 Å². The number of likely N-dealkylation sites (tertiary alicyclic amines) is 1. The van der Waals surface area contributed by atoms with Crippen LogP contribution in [0.5, 0.6) is 0 Å². The van der Waals surface area contributed by atoms with Gasteiger partial charge in [-0.1, -0.05) is 15.9 Å². The zero-order chi connectivity index (χ0) is 35.6. The summed E-state index contributed by atoms with van der Waals surface area (Å²) < 4.78 is 45.8. The number of hydrogen-bond donors (Lipinski definition) is 3. The highest BCUT2D eigenvalue weighted by Gasteiger charge is 2.42. The highest BCUT2D eigenvalue weighted by Crippen LogP contribution is 2.36. The largest absolute Gasteiger partial charge is 0.451 e. The quantitative estimate of drug-likeness (QED) is 0.222. The number of carbonyl (C=O) groups excluding carboxylic acids is 3. The third-order valence-electron chi connectivity index (χ3n) is 7.86. The Morgan fingerprint density at radius 3 is 2.45 bits per heavy atom. The topological polar surface area (TPSA) is 185 Å². The van der Waals surface area contributed by atoms with Crippen LogP contribution in [0.15, 0.2) is 47.3 Å². The third kappa shape index (κ3) is 8.05. The number of nitrogens with zero attached hydrogens (tertiary/aromatic N) is 6. The van der Waals surface area contributed by atoms with Crippen molar-refractivity contribution in [1.82, 2.24) is 24.8 Å². The number of ether oxygens (including phenoxy) is 1. The number of anilines is 3. The predicted octanol–water partition coefficient (Wildman–Crippen LogP) is 4.19. The lowest BCUT2D eigenvalue weighted by Gasteiger charge is -2.35. The summed E-state index contributed by atoms with van der Waals surface area (Å²) in [6.07, 6.45) is -1.97. The molecular formula is C30H31BrF3N9O6. The first-order valence-electron chi connectivity index (χ1n) is 15.0. The fourth-order valence-electron chi connectivity index (χ4n) is 5.82. The molecule has 2 aromatic heterocycles. The number of halogens is 4. The number of hydrogen-bond acceptors (Lipinski definition) is 11. The minimum Gasteiger partial charge on any atom is -0.387 e. The Kier molecular flexibility index (Phi) is 10.3. The second kappa shape index (κ2) is 14.3. The summed E-state index contributed by atoms with van der Waals surface area (Å²) in [5, 5.41) is 20.5. The lowest BCUT2D eigenvalue weighted by molar-refractivity contribution is -0.384. The van der Waals surface area contributed by atoms with Gasteiger partial charge in [-0.25, -0.2) is 9.97 Å². The fourth-order valence-corrected chi connectivity index (χ4v) is 6.27. The van der Waals surface area contributed by atoms with Crippen molar-refractivity contribution in [3.8, 4) is 0 Å². The third-order valence-corrected chi connectivity index (χ3v) is 8.32. The van der Waals surface area contributed by atoms with Crippen molar-refractivity contribution in [3.05, 3.63) is 74.4 Å². The molecular weight excluding hydrogens is 719 g/mol. The number of nitro benzene ring substituents is 1. The normalized spacial score (nSPS) is 20.9. The Morgan fingerprint density at radius 2 is 1.80 bits per heavy atom. The van der Waals surface area contributed by atoms with Crippen LogP contribution in [0.3, 0.4) is 0 Å². The molecule has 4 heterocycles. The lowest BCUT2D eigenvalue weighted by atomic mass is 10.1. The monoisotopic (exact) mass is 749 g/mol. The molecule has 2 aliphatic rings. The molecule has 3 amide bonds. The van der Waals surface area contributed by atoms with Gasteiger partial charge in [0.1, 0.15) is 17.5 Å². The Labute approximate surface area is 285 Å². The van der Waals surface area contributed by atoms with E-state index in [2.05, 4.69) is 46.8 Å². The summed E-state index contributed by atoms with van der Waals surface area (Å²) in [4.78, 5) is 66.3. The second-order valence-electron chi connectivity index (χ2n) is 11.6. The summed E-state index contributed by atoms with van der Waals surface area (Å²) >= 11 is 3.26. The number of nitro groups is 1. The molecule has 49 heavy (non-hydrogen) atoms. The summed E-state index contributed by atoms with van der Waals surface area (Å²) in [5.41, 5.74) is 0.0478. The second-order valence-corrected chi connectivity index (χ2v) is 12.5. The van der Waals surface area contributed by atoms with Gasteiger partial charge in [-0.15, -0.1) is 0 Å². The number of rotatable bonds is 8. The lowest BCUT2D eigenvalue weighted by Crippen LogP contribution is -2.48. The maximum atomic E-state index is 13.9. The van der Waals surface area contributed by atoms with Crippen molar-refractivity contribution < 1.29 is 37.2 Å². The van der Waals surface area contributed by atoms with E-state index in [1.54, 1.807) is 20.9 Å². The zero-order valence-electron chi connectivity index (χ0n) is 26.3. The first kappa shape index (κ1) is 35.4. The van der Waals surface area contributed by atoms with Crippen LogP contribution in [0.1, 0.15) is 46.8 Å². The number of aromatic nitrogens is 3. The van der Waals surface area contributed by atoms with Gasteiger partial charge >= 0.3 is 6.18 Å². The molecule has 2 aliphatic heterocycles. The zero-order valence-corrected chi connectivity index (χ0v) is 27.9. The van der Waals surface area contributed by atoms with Crippen LogP contribution in [0.4, 0.5) is 36.1 Å². The molecule has 3 N–H and O–H groups in total. The van der Waals surface area contributed by atoms with E-state index in [4.69, 9.17) is 4.74 Å². The van der Waals surface area contributed by atoms with Gasteiger partial charge in [-0.05, 0) is 38.5 Å². The van der Waals surface area contributed by atoms with Crippen molar-refractivity contribution in [2.24, 2.45) is 0 Å². The predicted molar refractivity (Wildman–Crippen MR) is 173 cm³/mol. The van der Waals surface area contributed by atoms with Crippen molar-refractivity contribution >= 4 is 56.5 Å². The van der Waals surface area contributed by atoms with Gasteiger partial charge in [0.2, 0.25) is 11.7 Å². The molecule has 0 aliphatic carbocycles. The number of nitrogens with one attached hydrogen (secondary N) is 3. The van der Waals surface area contributed by atoms with Crippen LogP contribution >= 0.6 is 15.9 Å². The SMILES string of the molecule is CNc1cncc(C(=O)N2C[C@H](Nc3c(C(=O)N4C[C@@H](C)O[C@@H](C)C4)cc(Br)cc3[N+](=O)[O-])C[C@H]2C(=O)Nc2ccnc(C(F)(F)F)n2)c1. The van der Waals surface area contributed by atoms with Crippen molar-refractivity contribution in [2.45, 2.75) is 50.7 Å². The smallest absolute Gasteiger partial charge is 0.387 e. The van der Waals surface area contributed by atoms with Crippen LogP contribution in [-0.4, -0.2) is 98.4 Å². The van der Waals surface area contributed by atoms with E-state index in [0.717, 1.165) is 12.3 Å². The fraction of sp³-hybridized carbons (Fsp3) is 0.400. The van der Waals surface area contributed by atoms with Gasteiger partial charge in [-0.2, -0.15) is 13.2 Å². The maximum Gasteiger partial charge on any atom is 0.451 e. The average molecular weight is 751 g/mol. The van der Waals surface area contributed by atoms with Gasteiger partial charge in [0.25, 0.3) is 17.5 Å². The van der Waals surface area contributed by atoms with E-state index < -0.39 is 58.2 Å². The molecule has 1 aromatic carbocycles. The highest BCUT2D eigenvalue weighted by molar-refractivity contribution is 9.10. The van der Waals surface area contributed by atoms with E-state index in [-0.39, 0.29) is 59.6 Å². The number of amides is 3. The molecule has 0 spiro atoms. The Hall–Kier alpha value is -4.91. The summed E-state index contributed by atoms with van der Waals surface area (Å²) in [6, 6.07) is 3.15. The Bertz CT molecular complexity index is 1770. The van der Waals surface area contributed by atoms with Gasteiger partial charge in [-0.3, -0.25) is 29.5 Å². The number of pyridine rings is 1. The van der Waals surface area contributed by atoms with Crippen LogP contribution in [0, 0.1) is 10.1 Å². The van der Waals surface area contributed by atoms with E-state index in [9.17, 15) is 37.7 Å². The molecule has 0 saturated carbocycles. The highest BCUT2D eigenvalue weighted by atomic mass is 79.9. The average Bonchev–Trinajstić information content (AvgIpc) is 3.48. The Balaban J connectivity index is 1.49. The van der Waals surface area contributed by atoms with E-state index >= 15 is 0 Å². The van der Waals surface area contributed by atoms with Gasteiger partial charge in [0.15, 0.2) is 0 Å². The minimum atomic E-state index is -4.87. The molecule has 15 nitrogen and oxygen atoms in total. The van der Waals surface area contributed by atoms with Crippen molar-refractivity contribution in [1.29, 1.82) is 0 Å². The summed E-state index contributed by atoms with van der Waals surface area (Å²) in [6.45, 7) is 3.93. The summed E-state index contributed by atoms with van der Waals surface area (Å²) in [7, 11) is 1.62. The first-order valence-corrected chi connectivity index (χ1v) is 15.8. The number of carbonyl (C=O) groups is 3. The molecule has 0 bridgehead atoms. The van der Waals surface area contributed by atoms with E-state index in [0.29, 0.717) is 5.69 Å². The number of alkyl halides is 3. The molecule has 19 heteroatoms. The van der Waals surface area contributed by atoms with E-state index in [1.807, 2.05) is 0 Å². The maximum absolute atomic E-state index is 13.9. The van der Waals surface area contributed by atoms with Gasteiger partial charge in [0.05, 0.1) is 33.9 Å². The van der Waals surface area contributed by atoms with Crippen LogP contribution in [0.25, 0.3) is 0 Å². The molecule has 2 fully saturated rings.